The molecule has 1 fully saturated rings. The highest BCUT2D eigenvalue weighted by Crippen LogP contribution is 2.39. The molecular weight excluding hydrogens is 542 g/mol. The number of rotatable bonds is 6. The van der Waals surface area contributed by atoms with Crippen LogP contribution in [-0.4, -0.2) is 40.0 Å². The van der Waals surface area contributed by atoms with E-state index in [-0.39, 0.29) is 22.8 Å². The topological polar surface area (TPSA) is 113 Å². The average molecular weight is 564 g/mol. The Kier molecular flexibility index (Phi) is 6.49. The summed E-state index contributed by atoms with van der Waals surface area (Å²) >= 11 is 2.12. The van der Waals surface area contributed by atoms with E-state index in [0.29, 0.717) is 17.1 Å². The number of amides is 2. The van der Waals surface area contributed by atoms with Crippen LogP contribution in [-0.2, 0) is 0 Å². The molecule has 4 rings (SSSR count). The number of nitrogens with one attached hydrogen (secondary N) is 2. The van der Waals surface area contributed by atoms with E-state index < -0.39 is 17.4 Å². The van der Waals surface area contributed by atoms with E-state index in [1.807, 2.05) is 26.0 Å². The molecule has 0 aliphatic heterocycles. The Labute approximate surface area is 212 Å². The smallest absolute Gasteiger partial charge is 0.274 e. The third kappa shape index (κ3) is 4.70. The van der Waals surface area contributed by atoms with Crippen LogP contribution in [0.5, 0.6) is 0 Å². The number of pyridine rings is 1. The van der Waals surface area contributed by atoms with Gasteiger partial charge in [0.15, 0.2) is 5.82 Å². The number of nitrogens with zero attached hydrogens (tertiary/aromatic N) is 4. The van der Waals surface area contributed by atoms with Crippen molar-refractivity contribution in [2.45, 2.75) is 39.2 Å². The fraction of sp³-hybridized carbons (Fsp3) is 0.292. The van der Waals surface area contributed by atoms with Gasteiger partial charge >= 0.3 is 0 Å². The van der Waals surface area contributed by atoms with E-state index in [0.717, 1.165) is 22.0 Å². The van der Waals surface area contributed by atoms with Crippen LogP contribution in [0.1, 0.15) is 51.7 Å². The highest BCUT2D eigenvalue weighted by Gasteiger charge is 2.43. The normalized spacial score (nSPS) is 14.7. The molecule has 2 aromatic heterocycles. The molecule has 1 saturated carbocycles. The summed E-state index contributed by atoms with van der Waals surface area (Å²) in [5.74, 6) is -0.294. The molecule has 3 aromatic rings. The molecule has 0 spiro atoms. The van der Waals surface area contributed by atoms with Crippen LogP contribution in [0.2, 0.25) is 0 Å². The maximum atomic E-state index is 13.4. The maximum absolute atomic E-state index is 13.4. The van der Waals surface area contributed by atoms with Crippen molar-refractivity contribution < 1.29 is 9.59 Å². The third-order valence-electron chi connectivity index (χ3n) is 5.93. The first-order valence-electron chi connectivity index (χ1n) is 10.8. The van der Waals surface area contributed by atoms with Gasteiger partial charge in [0.05, 0.1) is 17.3 Å². The van der Waals surface area contributed by atoms with Crippen LogP contribution in [0.25, 0.3) is 5.82 Å². The van der Waals surface area contributed by atoms with Gasteiger partial charge in [-0.2, -0.15) is 10.4 Å². The maximum Gasteiger partial charge on any atom is 0.274 e. The van der Waals surface area contributed by atoms with E-state index >= 15 is 0 Å². The number of halogens is 1. The Bertz CT molecular complexity index is 1340. The van der Waals surface area contributed by atoms with Gasteiger partial charge in [0.1, 0.15) is 19.1 Å². The summed E-state index contributed by atoms with van der Waals surface area (Å²) in [5, 5.41) is 19.6. The number of aromatic nitrogens is 3. The van der Waals surface area contributed by atoms with Gasteiger partial charge in [-0.1, -0.05) is 6.07 Å². The lowest BCUT2D eigenvalue weighted by atomic mass is 9.96. The zero-order valence-electron chi connectivity index (χ0n) is 19.0. The largest absolute Gasteiger partial charge is 0.334 e. The summed E-state index contributed by atoms with van der Waals surface area (Å²) in [6.07, 6.45) is 3.41. The Morgan fingerprint density at radius 2 is 1.97 bits per heavy atom. The van der Waals surface area contributed by atoms with Crippen LogP contribution < -0.4 is 16.2 Å². The molecule has 1 unspecified atom stereocenters. The predicted octanol–water partition coefficient (Wildman–Crippen LogP) is 2.96. The molecule has 1 aliphatic carbocycles. The van der Waals surface area contributed by atoms with Crippen LogP contribution >= 0.6 is 22.6 Å². The van der Waals surface area contributed by atoms with Crippen LogP contribution in [0, 0.1) is 34.7 Å². The minimum atomic E-state index is -0.961. The lowest BCUT2D eigenvalue weighted by molar-refractivity contribution is 0.0918. The van der Waals surface area contributed by atoms with Gasteiger partial charge in [-0.05, 0) is 97.5 Å². The Morgan fingerprint density at radius 1 is 1.24 bits per heavy atom. The lowest BCUT2D eigenvalue weighted by Gasteiger charge is -2.24. The highest BCUT2D eigenvalue weighted by molar-refractivity contribution is 14.1. The quantitative estimate of drug-likeness (QED) is 0.354. The molecule has 2 radical (unpaired) electrons. The summed E-state index contributed by atoms with van der Waals surface area (Å²) in [6.45, 7) is 5.41. The van der Waals surface area contributed by atoms with Crippen molar-refractivity contribution in [2.75, 3.05) is 5.32 Å². The van der Waals surface area contributed by atoms with Crippen molar-refractivity contribution in [3.63, 3.8) is 0 Å². The Morgan fingerprint density at radius 3 is 2.62 bits per heavy atom. The minimum absolute atomic E-state index is 0.127. The van der Waals surface area contributed by atoms with E-state index in [9.17, 15) is 14.9 Å². The summed E-state index contributed by atoms with van der Waals surface area (Å²) in [6, 6.07) is 10.9. The second kappa shape index (κ2) is 9.21. The zero-order valence-corrected chi connectivity index (χ0v) is 21.2. The van der Waals surface area contributed by atoms with Crippen LogP contribution in [0.3, 0.4) is 0 Å². The van der Waals surface area contributed by atoms with Crippen molar-refractivity contribution in [1.82, 2.24) is 20.1 Å². The molecule has 0 bridgehead atoms. The van der Waals surface area contributed by atoms with Crippen LogP contribution in [0.4, 0.5) is 5.69 Å². The molecule has 170 valence electrons. The van der Waals surface area contributed by atoms with Crippen molar-refractivity contribution in [1.29, 1.82) is 5.26 Å². The van der Waals surface area contributed by atoms with E-state index in [4.69, 9.17) is 7.85 Å². The molecule has 0 saturated heterocycles. The number of hydrogen-bond acceptors (Lipinski definition) is 5. The SMILES string of the molecule is [B]c1cc(C(=O)Nc2c(C)cc(I)cc2C(=O)NC(C)(C#N)C2CC2)n(-c2ncccc2C)n1. The molecule has 2 heterocycles. The number of carbonyl (C=O) groups is 2. The molecule has 1 aliphatic rings. The molecule has 2 amide bonds. The Balaban J connectivity index is 1.69. The van der Waals surface area contributed by atoms with Crippen molar-refractivity contribution in [2.24, 2.45) is 5.92 Å². The van der Waals surface area contributed by atoms with Crippen molar-refractivity contribution in [3.05, 3.63) is 62.5 Å². The molecule has 34 heavy (non-hydrogen) atoms. The molecule has 1 aromatic carbocycles. The van der Waals surface area contributed by atoms with Gasteiger partial charge in [-0.15, -0.1) is 0 Å². The number of nitriles is 1. The van der Waals surface area contributed by atoms with Gasteiger partial charge in [-0.25, -0.2) is 9.67 Å². The summed E-state index contributed by atoms with van der Waals surface area (Å²) in [4.78, 5) is 31.0. The molecule has 1 atom stereocenters. The van der Waals surface area contributed by atoms with E-state index in [1.165, 1.54) is 10.7 Å². The second-order valence-corrected chi connectivity index (χ2v) is 9.90. The van der Waals surface area contributed by atoms with Crippen LogP contribution in [0.15, 0.2) is 36.5 Å². The minimum Gasteiger partial charge on any atom is -0.334 e. The zero-order chi connectivity index (χ0) is 24.6. The van der Waals surface area contributed by atoms with Crippen molar-refractivity contribution >= 4 is 53.5 Å². The second-order valence-electron chi connectivity index (χ2n) is 8.65. The Hall–Kier alpha value is -3.20. The van der Waals surface area contributed by atoms with Gasteiger partial charge in [-0.3, -0.25) is 9.59 Å². The molecule has 10 heteroatoms. The van der Waals surface area contributed by atoms with Gasteiger partial charge in [0.2, 0.25) is 0 Å². The number of aryl methyl sites for hydroxylation is 2. The first kappa shape index (κ1) is 23.9. The first-order chi connectivity index (χ1) is 16.1. The molecular formula is C24H22BIN6O2. The number of anilines is 1. The predicted molar refractivity (Wildman–Crippen MR) is 138 cm³/mol. The van der Waals surface area contributed by atoms with Gasteiger partial charge in [0, 0.05) is 15.4 Å². The van der Waals surface area contributed by atoms with E-state index in [1.54, 1.807) is 25.3 Å². The number of benzene rings is 1. The fourth-order valence-electron chi connectivity index (χ4n) is 3.87. The number of carbonyl (C=O) groups excluding carboxylic acids is 2. The average Bonchev–Trinajstić information content (AvgIpc) is 3.58. The highest BCUT2D eigenvalue weighted by atomic mass is 127. The van der Waals surface area contributed by atoms with Gasteiger partial charge < -0.3 is 10.6 Å². The van der Waals surface area contributed by atoms with Crippen molar-refractivity contribution in [3.8, 4) is 11.9 Å². The van der Waals surface area contributed by atoms with Gasteiger partial charge in [0.25, 0.3) is 11.8 Å². The molecule has 8 nitrogen and oxygen atoms in total. The fourth-order valence-corrected chi connectivity index (χ4v) is 4.65. The summed E-state index contributed by atoms with van der Waals surface area (Å²) in [7, 11) is 5.91. The summed E-state index contributed by atoms with van der Waals surface area (Å²) in [5.41, 5.74) is 1.57. The standard InChI is InChI=1S/C24H22BIN6O2/c1-13-5-4-8-28-21(13)32-18(11-19(25)31-32)23(34)29-20-14(2)9-16(26)10-17(20)22(33)30-24(3,12-27)15-6-7-15/h4-5,8-11,15H,6-7H2,1-3H3,(H,29,34)(H,30,33). The number of hydrogen-bond donors (Lipinski definition) is 2. The lowest BCUT2D eigenvalue weighted by Crippen LogP contribution is -2.47. The summed E-state index contributed by atoms with van der Waals surface area (Å²) < 4.78 is 2.23. The van der Waals surface area contributed by atoms with E-state index in [2.05, 4.69) is 49.4 Å². The monoisotopic (exact) mass is 564 g/mol. The third-order valence-corrected chi connectivity index (χ3v) is 6.55. The first-order valence-corrected chi connectivity index (χ1v) is 11.8. The molecule has 2 N–H and O–H groups in total.